The van der Waals surface area contributed by atoms with Gasteiger partial charge < -0.3 is 14.0 Å². The van der Waals surface area contributed by atoms with Gasteiger partial charge in [0.25, 0.3) is 0 Å². The molecule has 0 spiro atoms. The standard InChI is InChI=1S/C27H28FN5O2/c1-18-15-32(17-29-18)24-10-6-19(13-25(24)35-3)7-11-26-30-27-23(5-4-12-33(27)31-26)22-9-8-21(28)14-20(22)16-34-2/h6-11,13-15,17,23H,4-5,12,16H2,1-3H3/t23-/m0/s1. The monoisotopic (exact) mass is 473 g/mol. The van der Waals surface area contributed by atoms with Gasteiger partial charge in [-0.15, -0.1) is 0 Å². The molecule has 1 aliphatic rings. The van der Waals surface area contributed by atoms with E-state index >= 15 is 0 Å². The van der Waals surface area contributed by atoms with Crippen LogP contribution in [0.25, 0.3) is 17.8 Å². The molecule has 4 aromatic rings. The predicted molar refractivity (Wildman–Crippen MR) is 132 cm³/mol. The fourth-order valence-corrected chi connectivity index (χ4v) is 4.66. The van der Waals surface area contributed by atoms with Gasteiger partial charge in [0, 0.05) is 25.8 Å². The first-order valence-electron chi connectivity index (χ1n) is 11.6. The van der Waals surface area contributed by atoms with Gasteiger partial charge in [0.15, 0.2) is 5.82 Å². The number of ether oxygens (including phenoxy) is 2. The van der Waals surface area contributed by atoms with Gasteiger partial charge in [-0.1, -0.05) is 18.2 Å². The molecular formula is C27H28FN5O2. The molecule has 2 aromatic heterocycles. The van der Waals surface area contributed by atoms with Crippen molar-refractivity contribution in [1.82, 2.24) is 24.3 Å². The average Bonchev–Trinajstić information content (AvgIpc) is 3.49. The van der Waals surface area contributed by atoms with Crippen LogP contribution >= 0.6 is 0 Å². The van der Waals surface area contributed by atoms with Crippen molar-refractivity contribution in [2.24, 2.45) is 0 Å². The highest BCUT2D eigenvalue weighted by atomic mass is 19.1. The van der Waals surface area contributed by atoms with Crippen molar-refractivity contribution in [1.29, 1.82) is 0 Å². The van der Waals surface area contributed by atoms with E-state index in [1.54, 1.807) is 26.6 Å². The van der Waals surface area contributed by atoms with Gasteiger partial charge in [0.1, 0.15) is 17.4 Å². The molecule has 0 N–H and O–H groups in total. The summed E-state index contributed by atoms with van der Waals surface area (Å²) in [5.41, 5.74) is 4.75. The van der Waals surface area contributed by atoms with Crippen molar-refractivity contribution >= 4 is 12.2 Å². The fourth-order valence-electron chi connectivity index (χ4n) is 4.66. The molecule has 0 amide bonds. The van der Waals surface area contributed by atoms with Crippen molar-refractivity contribution < 1.29 is 13.9 Å². The first-order valence-corrected chi connectivity index (χ1v) is 11.6. The van der Waals surface area contributed by atoms with Gasteiger partial charge >= 0.3 is 0 Å². The first-order chi connectivity index (χ1) is 17.1. The molecule has 0 radical (unpaired) electrons. The van der Waals surface area contributed by atoms with Crippen LogP contribution in [-0.4, -0.2) is 38.5 Å². The minimum atomic E-state index is -0.258. The molecule has 0 fully saturated rings. The van der Waals surface area contributed by atoms with Crippen molar-refractivity contribution in [3.8, 4) is 11.4 Å². The largest absolute Gasteiger partial charge is 0.495 e. The molecule has 3 heterocycles. The van der Waals surface area contributed by atoms with Crippen LogP contribution in [0.15, 0.2) is 48.9 Å². The summed E-state index contributed by atoms with van der Waals surface area (Å²) in [6.07, 6.45) is 9.56. The molecule has 1 atom stereocenters. The zero-order chi connectivity index (χ0) is 24.4. The smallest absolute Gasteiger partial charge is 0.174 e. The molecule has 0 aliphatic carbocycles. The topological polar surface area (TPSA) is 67.0 Å². The maximum atomic E-state index is 13.9. The maximum Gasteiger partial charge on any atom is 0.174 e. The Morgan fingerprint density at radius 2 is 2.03 bits per heavy atom. The van der Waals surface area contributed by atoms with E-state index in [1.165, 1.54) is 6.07 Å². The van der Waals surface area contributed by atoms with Gasteiger partial charge in [0.05, 0.1) is 31.4 Å². The summed E-state index contributed by atoms with van der Waals surface area (Å²) in [7, 11) is 3.29. The van der Waals surface area contributed by atoms with Gasteiger partial charge in [-0.2, -0.15) is 5.10 Å². The number of hydrogen-bond donors (Lipinski definition) is 0. The molecule has 2 aromatic carbocycles. The lowest BCUT2D eigenvalue weighted by molar-refractivity contribution is 0.183. The summed E-state index contributed by atoms with van der Waals surface area (Å²) in [5, 5.41) is 4.72. The third kappa shape index (κ3) is 4.74. The first kappa shape index (κ1) is 23.0. The summed E-state index contributed by atoms with van der Waals surface area (Å²) in [5.74, 6) is 2.11. The van der Waals surface area contributed by atoms with E-state index in [9.17, 15) is 4.39 Å². The fraction of sp³-hybridized carbons (Fsp3) is 0.296. The van der Waals surface area contributed by atoms with Crippen LogP contribution in [0.1, 0.15) is 52.8 Å². The van der Waals surface area contributed by atoms with Gasteiger partial charge in [-0.25, -0.2) is 19.0 Å². The van der Waals surface area contributed by atoms with Crippen molar-refractivity contribution in [3.63, 3.8) is 0 Å². The molecule has 7 nitrogen and oxygen atoms in total. The highest BCUT2D eigenvalue weighted by molar-refractivity contribution is 5.69. The normalized spacial score (nSPS) is 15.5. The van der Waals surface area contributed by atoms with E-state index in [4.69, 9.17) is 19.6 Å². The number of benzene rings is 2. The Hall–Kier alpha value is -3.78. The molecular weight excluding hydrogens is 445 g/mol. The Kier molecular flexibility index (Phi) is 6.46. The van der Waals surface area contributed by atoms with Crippen LogP contribution in [0.5, 0.6) is 5.75 Å². The zero-order valence-electron chi connectivity index (χ0n) is 20.1. The second-order valence-electron chi connectivity index (χ2n) is 8.71. The minimum Gasteiger partial charge on any atom is -0.495 e. The molecule has 0 unspecified atom stereocenters. The molecule has 35 heavy (non-hydrogen) atoms. The highest BCUT2D eigenvalue weighted by Gasteiger charge is 2.27. The van der Waals surface area contributed by atoms with Crippen LogP contribution in [0.3, 0.4) is 0 Å². The van der Waals surface area contributed by atoms with E-state index < -0.39 is 0 Å². The van der Waals surface area contributed by atoms with Gasteiger partial charge in [-0.05, 0) is 66.8 Å². The van der Waals surface area contributed by atoms with Crippen molar-refractivity contribution in [2.75, 3.05) is 14.2 Å². The van der Waals surface area contributed by atoms with Crippen molar-refractivity contribution in [2.45, 2.75) is 38.8 Å². The van der Waals surface area contributed by atoms with Crippen LogP contribution in [0, 0.1) is 12.7 Å². The number of rotatable bonds is 7. The van der Waals surface area contributed by atoms with E-state index in [1.807, 2.05) is 58.8 Å². The number of methoxy groups -OCH3 is 2. The Labute approximate surface area is 203 Å². The van der Waals surface area contributed by atoms with Crippen LogP contribution < -0.4 is 4.74 Å². The minimum absolute atomic E-state index is 0.0576. The van der Waals surface area contributed by atoms with Gasteiger partial charge in [-0.3, -0.25) is 0 Å². The van der Waals surface area contributed by atoms with Gasteiger partial charge in [0.2, 0.25) is 0 Å². The maximum absolute atomic E-state index is 13.9. The van der Waals surface area contributed by atoms with Crippen LogP contribution in [-0.2, 0) is 17.9 Å². The summed E-state index contributed by atoms with van der Waals surface area (Å²) < 4.78 is 28.7. The Bertz CT molecular complexity index is 1370. The summed E-state index contributed by atoms with van der Waals surface area (Å²) in [6, 6.07) is 10.9. The van der Waals surface area contributed by atoms with E-state index in [2.05, 4.69) is 4.98 Å². The zero-order valence-corrected chi connectivity index (χ0v) is 20.1. The number of fused-ring (bicyclic) bond motifs is 1. The Morgan fingerprint density at radius 3 is 2.80 bits per heavy atom. The number of hydrogen-bond acceptors (Lipinski definition) is 5. The summed E-state index contributed by atoms with van der Waals surface area (Å²) >= 11 is 0. The molecule has 8 heteroatoms. The second-order valence-corrected chi connectivity index (χ2v) is 8.71. The predicted octanol–water partition coefficient (Wildman–Crippen LogP) is 5.16. The molecule has 0 saturated heterocycles. The van der Waals surface area contributed by atoms with E-state index in [0.717, 1.165) is 59.0 Å². The lowest BCUT2D eigenvalue weighted by Crippen LogP contribution is -2.19. The lowest BCUT2D eigenvalue weighted by atomic mass is 9.88. The Morgan fingerprint density at radius 1 is 1.14 bits per heavy atom. The number of aryl methyl sites for hydroxylation is 2. The number of imidazole rings is 1. The van der Waals surface area contributed by atoms with Crippen LogP contribution in [0.4, 0.5) is 4.39 Å². The average molecular weight is 474 g/mol. The summed E-state index contributed by atoms with van der Waals surface area (Å²) in [6.45, 7) is 3.14. The SMILES string of the molecule is COCc1cc(F)ccc1[C@@H]1CCCn2nc(C=Cc3ccc(-n4cnc(C)c4)c(OC)c3)nc21. The third-order valence-corrected chi connectivity index (χ3v) is 6.29. The molecule has 0 saturated carbocycles. The quantitative estimate of drug-likeness (QED) is 0.371. The number of halogens is 1. The third-order valence-electron chi connectivity index (χ3n) is 6.29. The lowest BCUT2D eigenvalue weighted by Gasteiger charge is -2.24. The molecule has 180 valence electrons. The highest BCUT2D eigenvalue weighted by Crippen LogP contribution is 2.35. The van der Waals surface area contributed by atoms with E-state index in [0.29, 0.717) is 12.4 Å². The Balaban J connectivity index is 1.42. The molecule has 5 rings (SSSR count). The van der Waals surface area contributed by atoms with Crippen molar-refractivity contribution in [3.05, 3.63) is 88.8 Å². The second kappa shape index (κ2) is 9.84. The molecule has 0 bridgehead atoms. The number of aromatic nitrogens is 5. The number of nitrogens with zero attached hydrogens (tertiary/aromatic N) is 5. The summed E-state index contributed by atoms with van der Waals surface area (Å²) in [4.78, 5) is 9.14. The van der Waals surface area contributed by atoms with E-state index in [-0.39, 0.29) is 11.7 Å². The molecule has 1 aliphatic heterocycles. The van der Waals surface area contributed by atoms with Crippen LogP contribution in [0.2, 0.25) is 0 Å².